The Morgan fingerprint density at radius 3 is 3.00 bits per heavy atom. The summed E-state index contributed by atoms with van der Waals surface area (Å²) in [5.41, 5.74) is 4.91. The van der Waals surface area contributed by atoms with E-state index in [9.17, 15) is 0 Å². The molecule has 0 N–H and O–H groups in total. The molecule has 0 fully saturated rings. The lowest BCUT2D eigenvalue weighted by atomic mass is 9.85. The second kappa shape index (κ2) is 4.27. The Morgan fingerprint density at radius 1 is 1.33 bits per heavy atom. The van der Waals surface area contributed by atoms with E-state index in [1.54, 1.807) is 11.1 Å². The summed E-state index contributed by atoms with van der Waals surface area (Å²) in [6.07, 6.45) is 9.36. The van der Waals surface area contributed by atoms with Crippen molar-refractivity contribution in [1.82, 2.24) is 9.55 Å². The monoisotopic (exact) mass is 240 g/mol. The van der Waals surface area contributed by atoms with Gasteiger partial charge in [-0.3, -0.25) is 0 Å². The second-order valence-corrected chi connectivity index (χ2v) is 5.93. The predicted octanol–water partition coefficient (Wildman–Crippen LogP) is 3.35. The van der Waals surface area contributed by atoms with Crippen molar-refractivity contribution in [2.75, 3.05) is 0 Å². The Morgan fingerprint density at radius 2 is 2.22 bits per heavy atom. The number of benzene rings is 1. The zero-order chi connectivity index (χ0) is 12.6. The summed E-state index contributed by atoms with van der Waals surface area (Å²) >= 11 is 0. The van der Waals surface area contributed by atoms with Gasteiger partial charge in [-0.2, -0.15) is 0 Å². The molecule has 0 spiro atoms. The van der Waals surface area contributed by atoms with Crippen molar-refractivity contribution in [3.05, 3.63) is 53.6 Å². The molecule has 0 saturated heterocycles. The minimum atomic E-state index is 0.361. The van der Waals surface area contributed by atoms with Crippen LogP contribution in [0.4, 0.5) is 0 Å². The summed E-state index contributed by atoms with van der Waals surface area (Å²) in [6.45, 7) is 5.73. The SMILES string of the molecule is CC1(C)CCc2ccc(CCn3ccnc3)cc21. The summed E-state index contributed by atoms with van der Waals surface area (Å²) in [6, 6.07) is 7.03. The van der Waals surface area contributed by atoms with Crippen molar-refractivity contribution in [3.63, 3.8) is 0 Å². The Kier molecular flexibility index (Phi) is 2.73. The number of nitrogens with zero attached hydrogens (tertiary/aromatic N) is 2. The molecule has 0 atom stereocenters. The highest BCUT2D eigenvalue weighted by Crippen LogP contribution is 2.38. The molecule has 1 aliphatic carbocycles. The maximum absolute atomic E-state index is 4.08. The lowest BCUT2D eigenvalue weighted by Crippen LogP contribution is -2.12. The second-order valence-electron chi connectivity index (χ2n) is 5.93. The fourth-order valence-electron chi connectivity index (χ4n) is 2.89. The molecule has 1 aliphatic rings. The average molecular weight is 240 g/mol. The van der Waals surface area contributed by atoms with Crippen LogP contribution in [0, 0.1) is 0 Å². The van der Waals surface area contributed by atoms with E-state index in [1.165, 1.54) is 18.4 Å². The van der Waals surface area contributed by atoms with Gasteiger partial charge in [-0.1, -0.05) is 32.0 Å². The third-order valence-electron chi connectivity index (χ3n) is 4.14. The Hall–Kier alpha value is -1.57. The molecule has 0 unspecified atom stereocenters. The summed E-state index contributed by atoms with van der Waals surface area (Å²) in [5.74, 6) is 0. The van der Waals surface area contributed by atoms with Crippen molar-refractivity contribution in [1.29, 1.82) is 0 Å². The average Bonchev–Trinajstić information content (AvgIpc) is 2.96. The van der Waals surface area contributed by atoms with Crippen LogP contribution in [0.5, 0.6) is 0 Å². The first-order chi connectivity index (χ1) is 8.65. The lowest BCUT2D eigenvalue weighted by Gasteiger charge is -2.19. The molecule has 2 nitrogen and oxygen atoms in total. The van der Waals surface area contributed by atoms with E-state index in [2.05, 4.69) is 41.6 Å². The summed E-state index contributed by atoms with van der Waals surface area (Å²) in [5, 5.41) is 0. The van der Waals surface area contributed by atoms with Crippen molar-refractivity contribution < 1.29 is 0 Å². The van der Waals surface area contributed by atoms with Crippen LogP contribution >= 0.6 is 0 Å². The van der Waals surface area contributed by atoms with Crippen LogP contribution in [0.15, 0.2) is 36.9 Å². The largest absolute Gasteiger partial charge is 0.337 e. The highest BCUT2D eigenvalue weighted by atomic mass is 15.0. The lowest BCUT2D eigenvalue weighted by molar-refractivity contribution is 0.522. The van der Waals surface area contributed by atoms with E-state index in [0.29, 0.717) is 5.41 Å². The molecule has 2 heteroatoms. The number of aryl methyl sites for hydroxylation is 3. The fraction of sp³-hybridized carbons (Fsp3) is 0.438. The molecule has 0 amide bonds. The van der Waals surface area contributed by atoms with Crippen LogP contribution in [0.2, 0.25) is 0 Å². The Balaban J connectivity index is 1.78. The third kappa shape index (κ3) is 2.07. The van der Waals surface area contributed by atoms with Crippen molar-refractivity contribution in [2.45, 2.75) is 45.1 Å². The van der Waals surface area contributed by atoms with E-state index in [4.69, 9.17) is 0 Å². The third-order valence-corrected chi connectivity index (χ3v) is 4.14. The maximum Gasteiger partial charge on any atom is 0.0946 e. The van der Waals surface area contributed by atoms with Crippen LogP contribution in [-0.4, -0.2) is 9.55 Å². The molecule has 1 heterocycles. The summed E-state index contributed by atoms with van der Waals surface area (Å²) in [4.78, 5) is 4.08. The Labute approximate surface area is 109 Å². The molecular formula is C16H20N2. The summed E-state index contributed by atoms with van der Waals surface area (Å²) < 4.78 is 2.14. The maximum atomic E-state index is 4.08. The minimum absolute atomic E-state index is 0.361. The number of aromatic nitrogens is 2. The van der Waals surface area contributed by atoms with Gasteiger partial charge in [0.05, 0.1) is 6.33 Å². The molecule has 18 heavy (non-hydrogen) atoms. The van der Waals surface area contributed by atoms with E-state index < -0.39 is 0 Å². The van der Waals surface area contributed by atoms with Gasteiger partial charge in [0, 0.05) is 18.9 Å². The van der Waals surface area contributed by atoms with E-state index in [1.807, 2.05) is 18.7 Å². The zero-order valence-corrected chi connectivity index (χ0v) is 11.2. The van der Waals surface area contributed by atoms with Gasteiger partial charge in [0.15, 0.2) is 0 Å². The van der Waals surface area contributed by atoms with Gasteiger partial charge in [0.2, 0.25) is 0 Å². The van der Waals surface area contributed by atoms with Crippen LogP contribution in [0.3, 0.4) is 0 Å². The number of imidazole rings is 1. The van der Waals surface area contributed by atoms with Crippen LogP contribution < -0.4 is 0 Å². The topological polar surface area (TPSA) is 17.8 Å². The number of fused-ring (bicyclic) bond motifs is 1. The van der Waals surface area contributed by atoms with Gasteiger partial charge in [0.25, 0.3) is 0 Å². The van der Waals surface area contributed by atoms with Crippen LogP contribution in [-0.2, 0) is 24.8 Å². The number of hydrogen-bond acceptors (Lipinski definition) is 1. The predicted molar refractivity (Wildman–Crippen MR) is 73.7 cm³/mol. The van der Waals surface area contributed by atoms with Gasteiger partial charge in [-0.25, -0.2) is 4.98 Å². The van der Waals surface area contributed by atoms with E-state index >= 15 is 0 Å². The van der Waals surface area contributed by atoms with Crippen LogP contribution in [0.25, 0.3) is 0 Å². The summed E-state index contributed by atoms with van der Waals surface area (Å²) in [7, 11) is 0. The molecule has 0 aliphatic heterocycles. The zero-order valence-electron chi connectivity index (χ0n) is 11.2. The molecule has 0 saturated carbocycles. The molecule has 94 valence electrons. The first-order valence-corrected chi connectivity index (χ1v) is 6.73. The van der Waals surface area contributed by atoms with Gasteiger partial charge in [-0.15, -0.1) is 0 Å². The van der Waals surface area contributed by atoms with Gasteiger partial charge in [-0.05, 0) is 41.4 Å². The Bertz CT molecular complexity index is 538. The highest BCUT2D eigenvalue weighted by molar-refractivity contribution is 5.41. The molecule has 0 bridgehead atoms. The molecule has 1 aromatic carbocycles. The van der Waals surface area contributed by atoms with Gasteiger partial charge >= 0.3 is 0 Å². The number of hydrogen-bond donors (Lipinski definition) is 0. The first-order valence-electron chi connectivity index (χ1n) is 6.73. The van der Waals surface area contributed by atoms with E-state index in [-0.39, 0.29) is 0 Å². The normalized spacial score (nSPS) is 16.8. The molecule has 2 aromatic rings. The first kappa shape index (κ1) is 11.5. The quantitative estimate of drug-likeness (QED) is 0.804. The van der Waals surface area contributed by atoms with Crippen LogP contribution in [0.1, 0.15) is 37.0 Å². The molecular weight excluding hydrogens is 220 g/mol. The minimum Gasteiger partial charge on any atom is -0.337 e. The fourth-order valence-corrected chi connectivity index (χ4v) is 2.89. The van der Waals surface area contributed by atoms with Gasteiger partial charge in [0.1, 0.15) is 0 Å². The smallest absolute Gasteiger partial charge is 0.0946 e. The highest BCUT2D eigenvalue weighted by Gasteiger charge is 2.29. The standard InChI is InChI=1S/C16H20N2/c1-16(2)7-5-14-4-3-13(11-15(14)16)6-9-18-10-8-17-12-18/h3-4,8,10-12H,5-7,9H2,1-2H3. The molecule has 0 radical (unpaired) electrons. The number of rotatable bonds is 3. The van der Waals surface area contributed by atoms with Crippen molar-refractivity contribution >= 4 is 0 Å². The molecule has 1 aromatic heterocycles. The van der Waals surface area contributed by atoms with Crippen molar-refractivity contribution in [3.8, 4) is 0 Å². The van der Waals surface area contributed by atoms with Gasteiger partial charge < -0.3 is 4.57 Å². The molecule has 3 rings (SSSR count). The van der Waals surface area contributed by atoms with Crippen molar-refractivity contribution in [2.24, 2.45) is 0 Å². The van der Waals surface area contributed by atoms with E-state index in [0.717, 1.165) is 13.0 Å².